The van der Waals surface area contributed by atoms with Crippen LogP contribution in [0.15, 0.2) is 182 Å². The van der Waals surface area contributed by atoms with E-state index >= 15 is 0 Å². The number of carbonyl (C=O) groups is 2. The standard InChI is InChI=1S/C43H40N2O2Si2/c46-42-32-33-43(47)44(42)34-19-35-45(48(36-20-7-1-8-21-36,37-22-9-2-10-23-37)38-24-11-3-12-25-38)49(39-26-13-4-14-27-39,40-28-15-5-16-29-40)41-30-17-6-18-31-41/h1-18,20-31H,19,32-35H2. The fraction of sp³-hybridized carbons (Fsp3) is 0.116. The minimum atomic E-state index is -3.14. The number of carbonyl (C=O) groups excluding carboxylic acids is 2. The third-order valence-electron chi connectivity index (χ3n) is 9.88. The molecule has 1 heterocycles. The summed E-state index contributed by atoms with van der Waals surface area (Å²) in [6, 6.07) is 66.3. The van der Waals surface area contributed by atoms with Crippen LogP contribution in [0.5, 0.6) is 0 Å². The van der Waals surface area contributed by atoms with Crippen molar-refractivity contribution < 1.29 is 9.59 Å². The van der Waals surface area contributed by atoms with Crippen LogP contribution in [0.2, 0.25) is 0 Å². The molecule has 0 N–H and O–H groups in total. The topological polar surface area (TPSA) is 40.6 Å². The van der Waals surface area contributed by atoms with Crippen molar-refractivity contribution in [3.8, 4) is 0 Å². The summed E-state index contributed by atoms with van der Waals surface area (Å²) in [7, 11) is -6.28. The normalized spacial score (nSPS) is 13.6. The molecule has 4 nitrogen and oxygen atoms in total. The smallest absolute Gasteiger partial charge is 0.229 e. The van der Waals surface area contributed by atoms with Gasteiger partial charge in [0.25, 0.3) is 0 Å². The molecule has 6 aromatic rings. The number of rotatable bonds is 12. The fourth-order valence-corrected chi connectivity index (χ4v) is 21.1. The first-order valence-electron chi connectivity index (χ1n) is 17.1. The number of likely N-dealkylation sites (tertiary alicyclic amines) is 1. The zero-order valence-corrected chi connectivity index (χ0v) is 29.6. The Bertz CT molecular complexity index is 1640. The first-order chi connectivity index (χ1) is 24.2. The summed E-state index contributed by atoms with van der Waals surface area (Å²) >= 11 is 0. The maximum absolute atomic E-state index is 12.9. The molecule has 6 aromatic carbocycles. The highest BCUT2D eigenvalue weighted by Crippen LogP contribution is 2.24. The molecule has 0 radical (unpaired) electrons. The van der Waals surface area contributed by atoms with Gasteiger partial charge in [-0.1, -0.05) is 182 Å². The molecule has 49 heavy (non-hydrogen) atoms. The zero-order chi connectivity index (χ0) is 33.5. The largest absolute Gasteiger partial charge is 0.324 e. The Hall–Kier alpha value is -5.15. The monoisotopic (exact) mass is 672 g/mol. The second kappa shape index (κ2) is 14.5. The maximum Gasteiger partial charge on any atom is 0.229 e. The first-order valence-corrected chi connectivity index (χ1v) is 21.0. The Morgan fingerprint density at radius 2 is 0.653 bits per heavy atom. The highest BCUT2D eigenvalue weighted by atomic mass is 28.4. The highest BCUT2D eigenvalue weighted by molar-refractivity contribution is 7.22. The van der Waals surface area contributed by atoms with E-state index in [1.54, 1.807) is 0 Å². The van der Waals surface area contributed by atoms with Gasteiger partial charge in [0, 0.05) is 19.4 Å². The average Bonchev–Trinajstić information content (AvgIpc) is 3.50. The van der Waals surface area contributed by atoms with Gasteiger partial charge in [0.05, 0.1) is 0 Å². The van der Waals surface area contributed by atoms with E-state index in [1.165, 1.54) is 36.0 Å². The molecule has 7 rings (SSSR count). The molecule has 1 aliphatic rings. The number of benzene rings is 6. The quantitative estimate of drug-likeness (QED) is 0.112. The lowest BCUT2D eigenvalue weighted by Crippen LogP contribution is -2.90. The summed E-state index contributed by atoms with van der Waals surface area (Å²) in [6.07, 6.45) is 1.26. The molecular formula is C43H40N2O2Si2. The van der Waals surface area contributed by atoms with Crippen molar-refractivity contribution in [1.29, 1.82) is 0 Å². The summed E-state index contributed by atoms with van der Waals surface area (Å²) in [4.78, 5) is 27.3. The van der Waals surface area contributed by atoms with Crippen LogP contribution < -0.4 is 31.1 Å². The van der Waals surface area contributed by atoms with Crippen molar-refractivity contribution in [1.82, 2.24) is 9.13 Å². The lowest BCUT2D eigenvalue weighted by molar-refractivity contribution is -0.138. The number of imide groups is 1. The van der Waals surface area contributed by atoms with Gasteiger partial charge in [-0.05, 0) is 44.1 Å². The third-order valence-corrected chi connectivity index (χ3v) is 21.0. The summed E-state index contributed by atoms with van der Waals surface area (Å²) in [6.45, 7) is 1.08. The summed E-state index contributed by atoms with van der Waals surface area (Å²) < 4.78 is 2.92. The van der Waals surface area contributed by atoms with E-state index in [-0.39, 0.29) is 11.8 Å². The lowest BCUT2D eigenvalue weighted by atomic mass is 10.3. The molecule has 0 bridgehead atoms. The maximum atomic E-state index is 12.9. The minimum Gasteiger partial charge on any atom is -0.324 e. The van der Waals surface area contributed by atoms with Gasteiger partial charge in [-0.25, -0.2) is 0 Å². The molecule has 0 aromatic heterocycles. The Balaban J connectivity index is 1.62. The van der Waals surface area contributed by atoms with E-state index in [9.17, 15) is 9.59 Å². The van der Waals surface area contributed by atoms with Gasteiger partial charge < -0.3 is 4.23 Å². The molecular weight excluding hydrogens is 633 g/mol. The number of hydrogen-bond acceptors (Lipinski definition) is 3. The van der Waals surface area contributed by atoms with Crippen LogP contribution in [0.4, 0.5) is 0 Å². The van der Waals surface area contributed by atoms with Crippen molar-refractivity contribution in [3.63, 3.8) is 0 Å². The predicted molar refractivity (Wildman–Crippen MR) is 205 cm³/mol. The van der Waals surface area contributed by atoms with E-state index in [4.69, 9.17) is 0 Å². The van der Waals surface area contributed by atoms with Crippen molar-refractivity contribution >= 4 is 59.4 Å². The number of nitrogens with zero attached hydrogens (tertiary/aromatic N) is 2. The van der Waals surface area contributed by atoms with E-state index in [2.05, 4.69) is 186 Å². The molecule has 0 saturated carbocycles. The molecule has 1 aliphatic heterocycles. The Morgan fingerprint density at radius 3 is 0.898 bits per heavy atom. The van der Waals surface area contributed by atoms with Gasteiger partial charge in [-0.15, -0.1) is 0 Å². The van der Waals surface area contributed by atoms with Crippen molar-refractivity contribution in [2.24, 2.45) is 0 Å². The van der Waals surface area contributed by atoms with Crippen LogP contribution in [-0.4, -0.2) is 50.5 Å². The van der Waals surface area contributed by atoms with E-state index < -0.39 is 16.5 Å². The van der Waals surface area contributed by atoms with E-state index in [0.717, 1.165) is 0 Å². The van der Waals surface area contributed by atoms with E-state index in [1.807, 2.05) is 0 Å². The summed E-state index contributed by atoms with van der Waals surface area (Å²) in [5, 5.41) is 7.75. The third kappa shape index (κ3) is 5.93. The van der Waals surface area contributed by atoms with Crippen LogP contribution in [0.3, 0.4) is 0 Å². The second-order valence-electron chi connectivity index (χ2n) is 12.6. The Labute approximate surface area is 291 Å². The van der Waals surface area contributed by atoms with Gasteiger partial charge in [0.15, 0.2) is 0 Å². The summed E-state index contributed by atoms with van der Waals surface area (Å²) in [5.74, 6) is -0.126. The van der Waals surface area contributed by atoms with Crippen molar-refractivity contribution in [2.75, 3.05) is 13.1 Å². The SMILES string of the molecule is O=C1CCC(=O)N1CCCN([Si](c1ccccc1)(c1ccccc1)c1ccccc1)[Si](c1ccccc1)(c1ccccc1)c1ccccc1. The lowest BCUT2D eigenvalue weighted by Gasteiger charge is -2.54. The first kappa shape index (κ1) is 32.4. The molecule has 2 amide bonds. The second-order valence-corrected chi connectivity index (χ2v) is 20.4. The van der Waals surface area contributed by atoms with Gasteiger partial charge >= 0.3 is 0 Å². The van der Waals surface area contributed by atoms with Crippen LogP contribution in [0.25, 0.3) is 0 Å². The molecule has 1 fully saturated rings. The Morgan fingerprint density at radius 1 is 0.408 bits per heavy atom. The van der Waals surface area contributed by atoms with Crippen molar-refractivity contribution in [2.45, 2.75) is 19.3 Å². The molecule has 6 heteroatoms. The predicted octanol–water partition coefficient (Wildman–Crippen LogP) is 4.16. The van der Waals surface area contributed by atoms with Gasteiger partial charge in [-0.3, -0.25) is 14.5 Å². The van der Waals surface area contributed by atoms with Gasteiger partial charge in [0.2, 0.25) is 28.3 Å². The van der Waals surface area contributed by atoms with Crippen LogP contribution in [0.1, 0.15) is 19.3 Å². The average molecular weight is 673 g/mol. The molecule has 242 valence electrons. The van der Waals surface area contributed by atoms with Gasteiger partial charge in [-0.2, -0.15) is 0 Å². The Kier molecular flexibility index (Phi) is 9.62. The fourth-order valence-electron chi connectivity index (χ4n) is 7.86. The molecule has 1 saturated heterocycles. The van der Waals surface area contributed by atoms with Crippen LogP contribution >= 0.6 is 0 Å². The summed E-state index contributed by atoms with van der Waals surface area (Å²) in [5.41, 5.74) is 0. The molecule has 0 aliphatic carbocycles. The zero-order valence-electron chi connectivity index (χ0n) is 27.6. The van der Waals surface area contributed by atoms with Crippen LogP contribution in [0, 0.1) is 0 Å². The number of amides is 2. The molecule has 0 unspecified atom stereocenters. The molecule has 0 atom stereocenters. The highest BCUT2D eigenvalue weighted by Gasteiger charge is 2.57. The van der Waals surface area contributed by atoms with Crippen molar-refractivity contribution in [3.05, 3.63) is 182 Å². The minimum absolute atomic E-state index is 0.0630. The van der Waals surface area contributed by atoms with E-state index in [0.29, 0.717) is 32.4 Å². The van der Waals surface area contributed by atoms with Gasteiger partial charge in [0.1, 0.15) is 0 Å². The van der Waals surface area contributed by atoms with Crippen LogP contribution in [-0.2, 0) is 9.59 Å². The molecule has 0 spiro atoms. The number of hydrogen-bond donors (Lipinski definition) is 0.